The molecule has 2 aromatic rings. The number of nitrogens with two attached hydrogens (primary N) is 1. The molecule has 112 valence electrons. The van der Waals surface area contributed by atoms with Gasteiger partial charge in [0.1, 0.15) is 5.82 Å². The van der Waals surface area contributed by atoms with Gasteiger partial charge in [-0.1, -0.05) is 33.6 Å². The SMILES string of the molecule is NNC(CSc1ccc(Br)cc1)Cc1ccc(Cl)c(F)c1. The molecule has 0 aromatic heterocycles. The molecule has 0 heterocycles. The van der Waals surface area contributed by atoms with Gasteiger partial charge in [0.2, 0.25) is 0 Å². The van der Waals surface area contributed by atoms with Crippen LogP contribution < -0.4 is 11.3 Å². The van der Waals surface area contributed by atoms with E-state index in [4.69, 9.17) is 17.4 Å². The van der Waals surface area contributed by atoms with Crippen LogP contribution >= 0.6 is 39.3 Å². The fourth-order valence-electron chi connectivity index (χ4n) is 1.84. The molecule has 1 atom stereocenters. The third-order valence-electron chi connectivity index (χ3n) is 2.97. The largest absolute Gasteiger partial charge is 0.271 e. The molecule has 2 nitrogen and oxygen atoms in total. The number of benzene rings is 2. The van der Waals surface area contributed by atoms with Crippen molar-refractivity contribution in [2.24, 2.45) is 5.84 Å². The average Bonchev–Trinajstić information content (AvgIpc) is 2.49. The molecule has 0 amide bonds. The topological polar surface area (TPSA) is 38.0 Å². The molecule has 0 saturated carbocycles. The second-order valence-corrected chi connectivity index (χ2v) is 7.00. The van der Waals surface area contributed by atoms with Crippen molar-refractivity contribution >= 4 is 39.3 Å². The summed E-state index contributed by atoms with van der Waals surface area (Å²) in [6.07, 6.45) is 0.647. The fourth-order valence-corrected chi connectivity index (χ4v) is 3.16. The Kier molecular flexibility index (Phi) is 6.51. The van der Waals surface area contributed by atoms with Gasteiger partial charge >= 0.3 is 0 Å². The van der Waals surface area contributed by atoms with Crippen molar-refractivity contribution in [3.63, 3.8) is 0 Å². The third-order valence-corrected chi connectivity index (χ3v) is 4.98. The molecule has 6 heteroatoms. The van der Waals surface area contributed by atoms with Crippen molar-refractivity contribution < 1.29 is 4.39 Å². The molecular formula is C15H15BrClFN2S. The molecule has 0 saturated heterocycles. The van der Waals surface area contributed by atoms with Crippen molar-refractivity contribution in [3.05, 3.63) is 63.3 Å². The van der Waals surface area contributed by atoms with Crippen LogP contribution in [0.2, 0.25) is 5.02 Å². The molecule has 0 radical (unpaired) electrons. The highest BCUT2D eigenvalue weighted by Crippen LogP contribution is 2.22. The van der Waals surface area contributed by atoms with E-state index in [0.717, 1.165) is 15.8 Å². The Morgan fingerprint density at radius 2 is 1.95 bits per heavy atom. The normalized spacial score (nSPS) is 12.4. The van der Waals surface area contributed by atoms with E-state index in [1.54, 1.807) is 17.8 Å². The van der Waals surface area contributed by atoms with Gasteiger partial charge in [-0.2, -0.15) is 0 Å². The quantitative estimate of drug-likeness (QED) is 0.437. The molecule has 0 bridgehead atoms. The lowest BCUT2D eigenvalue weighted by atomic mass is 10.1. The first kappa shape index (κ1) is 16.8. The summed E-state index contributed by atoms with van der Waals surface area (Å²) < 4.78 is 14.5. The minimum Gasteiger partial charge on any atom is -0.271 e. The molecule has 3 N–H and O–H groups in total. The smallest absolute Gasteiger partial charge is 0.142 e. The number of halogens is 3. The summed E-state index contributed by atoms with van der Waals surface area (Å²) in [6, 6.07) is 13.0. The molecule has 2 rings (SSSR count). The zero-order chi connectivity index (χ0) is 15.2. The van der Waals surface area contributed by atoms with Crippen LogP contribution in [0.5, 0.6) is 0 Å². The first-order valence-corrected chi connectivity index (χ1v) is 8.52. The predicted molar refractivity (Wildman–Crippen MR) is 91.1 cm³/mol. The van der Waals surface area contributed by atoms with Gasteiger partial charge in [-0.05, 0) is 48.4 Å². The zero-order valence-corrected chi connectivity index (χ0v) is 14.3. The highest BCUT2D eigenvalue weighted by molar-refractivity contribution is 9.10. The lowest BCUT2D eigenvalue weighted by Gasteiger charge is -2.16. The molecule has 0 aliphatic rings. The van der Waals surface area contributed by atoms with Gasteiger partial charge in [0.05, 0.1) is 5.02 Å². The van der Waals surface area contributed by atoms with Gasteiger partial charge in [0, 0.05) is 21.2 Å². The lowest BCUT2D eigenvalue weighted by Crippen LogP contribution is -2.38. The van der Waals surface area contributed by atoms with Gasteiger partial charge in [0.25, 0.3) is 0 Å². The Hall–Kier alpha value is -0.590. The number of hydrogen-bond acceptors (Lipinski definition) is 3. The Labute approximate surface area is 141 Å². The van der Waals surface area contributed by atoms with Crippen LogP contribution in [0, 0.1) is 5.82 Å². The number of hydrazine groups is 1. The summed E-state index contributed by atoms with van der Waals surface area (Å²) in [4.78, 5) is 1.17. The van der Waals surface area contributed by atoms with E-state index < -0.39 is 5.82 Å². The molecule has 0 fully saturated rings. The van der Waals surface area contributed by atoms with Crippen LogP contribution in [-0.2, 0) is 6.42 Å². The van der Waals surface area contributed by atoms with Crippen molar-refractivity contribution in [1.29, 1.82) is 0 Å². The second kappa shape index (κ2) is 8.15. The molecule has 0 aliphatic carbocycles. The molecule has 21 heavy (non-hydrogen) atoms. The monoisotopic (exact) mass is 388 g/mol. The summed E-state index contributed by atoms with van der Waals surface area (Å²) in [5.41, 5.74) is 3.65. The van der Waals surface area contributed by atoms with Crippen molar-refractivity contribution in [3.8, 4) is 0 Å². The van der Waals surface area contributed by atoms with E-state index in [1.807, 2.05) is 30.3 Å². The van der Waals surface area contributed by atoms with E-state index >= 15 is 0 Å². The highest BCUT2D eigenvalue weighted by Gasteiger charge is 2.10. The van der Waals surface area contributed by atoms with Gasteiger partial charge in [-0.25, -0.2) is 4.39 Å². The van der Waals surface area contributed by atoms with Crippen molar-refractivity contribution in [1.82, 2.24) is 5.43 Å². The lowest BCUT2D eigenvalue weighted by molar-refractivity contribution is 0.570. The Morgan fingerprint density at radius 3 is 2.57 bits per heavy atom. The standard InChI is InChI=1S/C15H15BrClFN2S/c16-11-2-4-13(5-3-11)21-9-12(20-19)7-10-1-6-14(17)15(18)8-10/h1-6,8,12,20H,7,9,19H2. The number of thioether (sulfide) groups is 1. The Bertz CT molecular complexity index is 595. The van der Waals surface area contributed by atoms with Crippen LogP contribution in [0.25, 0.3) is 0 Å². The summed E-state index contributed by atoms with van der Waals surface area (Å²) in [5, 5.41) is 0.139. The van der Waals surface area contributed by atoms with E-state index in [-0.39, 0.29) is 11.1 Å². The maximum atomic E-state index is 13.4. The van der Waals surface area contributed by atoms with Gasteiger partial charge in [0.15, 0.2) is 0 Å². The number of nitrogens with one attached hydrogen (secondary N) is 1. The van der Waals surface area contributed by atoms with Gasteiger partial charge in [-0.3, -0.25) is 11.3 Å². The molecule has 0 spiro atoms. The van der Waals surface area contributed by atoms with Crippen LogP contribution in [0.3, 0.4) is 0 Å². The Morgan fingerprint density at radius 1 is 1.24 bits per heavy atom. The summed E-state index contributed by atoms with van der Waals surface area (Å²) >= 11 is 10.8. The molecule has 0 aliphatic heterocycles. The molecule has 1 unspecified atom stereocenters. The number of rotatable bonds is 6. The first-order chi connectivity index (χ1) is 10.1. The maximum absolute atomic E-state index is 13.4. The fraction of sp³-hybridized carbons (Fsp3) is 0.200. The van der Waals surface area contributed by atoms with E-state index in [9.17, 15) is 4.39 Å². The summed E-state index contributed by atoms with van der Waals surface area (Å²) in [6.45, 7) is 0. The third kappa shape index (κ3) is 5.27. The average molecular weight is 390 g/mol. The van der Waals surface area contributed by atoms with Crippen LogP contribution in [-0.4, -0.2) is 11.8 Å². The first-order valence-electron chi connectivity index (χ1n) is 6.37. The minimum absolute atomic E-state index is 0.0548. The van der Waals surface area contributed by atoms with E-state index in [1.165, 1.54) is 11.0 Å². The van der Waals surface area contributed by atoms with Gasteiger partial charge < -0.3 is 0 Å². The van der Waals surface area contributed by atoms with Crippen LogP contribution in [0.1, 0.15) is 5.56 Å². The van der Waals surface area contributed by atoms with Crippen LogP contribution in [0.4, 0.5) is 4.39 Å². The van der Waals surface area contributed by atoms with Gasteiger partial charge in [-0.15, -0.1) is 11.8 Å². The predicted octanol–water partition coefficient (Wildman–Crippen LogP) is 4.41. The van der Waals surface area contributed by atoms with Crippen molar-refractivity contribution in [2.75, 3.05) is 5.75 Å². The second-order valence-electron chi connectivity index (χ2n) is 4.58. The minimum atomic E-state index is -0.398. The number of hydrogen-bond donors (Lipinski definition) is 2. The highest BCUT2D eigenvalue weighted by atomic mass is 79.9. The van der Waals surface area contributed by atoms with E-state index in [2.05, 4.69) is 21.4 Å². The summed E-state index contributed by atoms with van der Waals surface area (Å²) in [7, 11) is 0. The zero-order valence-electron chi connectivity index (χ0n) is 11.2. The maximum Gasteiger partial charge on any atom is 0.142 e. The molecular weight excluding hydrogens is 375 g/mol. The Balaban J connectivity index is 1.93. The van der Waals surface area contributed by atoms with Crippen molar-refractivity contribution in [2.45, 2.75) is 17.4 Å². The molecule has 2 aromatic carbocycles. The van der Waals surface area contributed by atoms with E-state index in [0.29, 0.717) is 6.42 Å². The van der Waals surface area contributed by atoms with Crippen LogP contribution in [0.15, 0.2) is 51.8 Å². The summed E-state index contributed by atoms with van der Waals surface area (Å²) in [5.74, 6) is 5.98.